The largest absolute Gasteiger partial charge is 0.390 e. The van der Waals surface area contributed by atoms with E-state index in [9.17, 15) is 9.90 Å². The topological polar surface area (TPSA) is 37.3 Å². The maximum Gasteiger partial charge on any atom is 0.152 e. The van der Waals surface area contributed by atoms with Crippen LogP contribution in [0.5, 0.6) is 0 Å². The zero-order valence-corrected chi connectivity index (χ0v) is 13.7. The highest BCUT2D eigenvalue weighted by molar-refractivity contribution is 5.87. The predicted octanol–water partition coefficient (Wildman–Crippen LogP) is 4.13. The molecule has 20 heavy (non-hydrogen) atoms. The Labute approximate surface area is 123 Å². The van der Waals surface area contributed by atoms with Crippen molar-refractivity contribution in [3.8, 4) is 0 Å². The molecule has 0 aliphatic heterocycles. The lowest BCUT2D eigenvalue weighted by Gasteiger charge is -2.60. The fourth-order valence-corrected chi connectivity index (χ4v) is 5.22. The minimum absolute atomic E-state index is 0.0709. The van der Waals surface area contributed by atoms with E-state index in [0.29, 0.717) is 11.3 Å². The number of allylic oxidation sites excluding steroid dienone is 1. The number of aliphatic hydroxyl groups is 1. The first-order chi connectivity index (χ1) is 9.09. The first kappa shape index (κ1) is 15.8. The molecule has 0 heterocycles. The third kappa shape index (κ3) is 2.59. The van der Waals surface area contributed by atoms with Gasteiger partial charge in [-0.05, 0) is 62.4 Å². The van der Waals surface area contributed by atoms with Crippen molar-refractivity contribution in [2.24, 2.45) is 22.7 Å². The molecule has 2 aliphatic carbocycles. The van der Waals surface area contributed by atoms with Crippen molar-refractivity contribution < 1.29 is 9.90 Å². The van der Waals surface area contributed by atoms with Crippen molar-refractivity contribution in [3.63, 3.8) is 0 Å². The van der Waals surface area contributed by atoms with Crippen LogP contribution in [0.4, 0.5) is 0 Å². The summed E-state index contributed by atoms with van der Waals surface area (Å²) >= 11 is 0. The number of carbonyl (C=O) groups is 1. The summed E-state index contributed by atoms with van der Waals surface area (Å²) in [5.41, 5.74) is -0.244. The Morgan fingerprint density at radius 3 is 2.40 bits per heavy atom. The second-order valence-electron chi connectivity index (χ2n) is 8.24. The average molecular weight is 278 g/mol. The lowest BCUT2D eigenvalue weighted by atomic mass is 9.45. The van der Waals surface area contributed by atoms with Gasteiger partial charge in [0.15, 0.2) is 5.78 Å². The molecule has 2 aliphatic rings. The monoisotopic (exact) mass is 278 g/mol. The summed E-state index contributed by atoms with van der Waals surface area (Å²) in [5.74, 6) is 0.782. The molecule has 0 bridgehead atoms. The van der Waals surface area contributed by atoms with E-state index in [-0.39, 0.29) is 17.1 Å². The molecule has 1 unspecified atom stereocenters. The summed E-state index contributed by atoms with van der Waals surface area (Å²) in [5, 5.41) is 10.9. The van der Waals surface area contributed by atoms with E-state index < -0.39 is 5.60 Å². The van der Waals surface area contributed by atoms with Gasteiger partial charge in [0.2, 0.25) is 0 Å². The molecule has 114 valence electrons. The van der Waals surface area contributed by atoms with Crippen LogP contribution < -0.4 is 0 Å². The van der Waals surface area contributed by atoms with Crippen LogP contribution in [-0.4, -0.2) is 16.5 Å². The maximum atomic E-state index is 11.3. The quantitative estimate of drug-likeness (QED) is 0.771. The first-order valence-corrected chi connectivity index (χ1v) is 8.01. The smallest absolute Gasteiger partial charge is 0.152 e. The average Bonchev–Trinajstić information content (AvgIpc) is 2.25. The standard InChI is InChI=1S/C18H30O2/c1-13(19)7-8-15-17(4)11-6-10-16(2,3)14(17)9-12-18(15,5)20/h7-8,14-15,20H,6,9-12H2,1-5H3/b8-7-/t14?,15-,17+,18-/m1/s1. The van der Waals surface area contributed by atoms with Crippen molar-refractivity contribution in [1.29, 1.82) is 0 Å². The van der Waals surface area contributed by atoms with E-state index >= 15 is 0 Å². The Kier molecular flexibility index (Phi) is 3.92. The Morgan fingerprint density at radius 1 is 1.15 bits per heavy atom. The summed E-state index contributed by atoms with van der Waals surface area (Å²) in [7, 11) is 0. The van der Waals surface area contributed by atoms with Crippen molar-refractivity contribution in [2.45, 2.75) is 72.3 Å². The molecule has 2 nitrogen and oxygen atoms in total. The van der Waals surface area contributed by atoms with E-state index in [1.807, 2.05) is 13.0 Å². The van der Waals surface area contributed by atoms with Crippen LogP contribution >= 0.6 is 0 Å². The van der Waals surface area contributed by atoms with Gasteiger partial charge in [0.05, 0.1) is 5.60 Å². The number of carbonyl (C=O) groups excluding carboxylic acids is 1. The van der Waals surface area contributed by atoms with Crippen molar-refractivity contribution >= 4 is 5.78 Å². The lowest BCUT2D eigenvalue weighted by molar-refractivity contribution is -0.149. The minimum atomic E-state index is -0.690. The molecule has 2 saturated carbocycles. The number of hydrogen-bond donors (Lipinski definition) is 1. The van der Waals surface area contributed by atoms with Crippen LogP contribution in [0.15, 0.2) is 12.2 Å². The van der Waals surface area contributed by atoms with Gasteiger partial charge in [-0.3, -0.25) is 4.79 Å². The van der Waals surface area contributed by atoms with Crippen LogP contribution in [0.2, 0.25) is 0 Å². The van der Waals surface area contributed by atoms with E-state index in [1.54, 1.807) is 13.0 Å². The number of hydrogen-bond acceptors (Lipinski definition) is 2. The zero-order chi connectivity index (χ0) is 15.2. The summed E-state index contributed by atoms with van der Waals surface area (Å²) in [4.78, 5) is 11.3. The molecule has 0 amide bonds. The molecule has 1 N–H and O–H groups in total. The third-order valence-corrected chi connectivity index (χ3v) is 6.12. The number of fused-ring (bicyclic) bond motifs is 1. The molecule has 0 aromatic heterocycles. The molecule has 2 heteroatoms. The number of rotatable bonds is 2. The molecule has 2 fully saturated rings. The first-order valence-electron chi connectivity index (χ1n) is 8.01. The van der Waals surface area contributed by atoms with Crippen molar-refractivity contribution in [2.75, 3.05) is 0 Å². The predicted molar refractivity (Wildman–Crippen MR) is 82.4 cm³/mol. The Hall–Kier alpha value is -0.630. The molecular weight excluding hydrogens is 248 g/mol. The fraction of sp³-hybridized carbons (Fsp3) is 0.833. The molecule has 0 saturated heterocycles. The molecular formula is C18H30O2. The Balaban J connectivity index is 2.40. The molecule has 0 aromatic carbocycles. The van der Waals surface area contributed by atoms with E-state index in [2.05, 4.69) is 20.8 Å². The van der Waals surface area contributed by atoms with Gasteiger partial charge in [0, 0.05) is 5.92 Å². The van der Waals surface area contributed by atoms with Crippen molar-refractivity contribution in [1.82, 2.24) is 0 Å². The summed E-state index contributed by atoms with van der Waals surface area (Å²) in [6.45, 7) is 10.6. The van der Waals surface area contributed by atoms with Gasteiger partial charge in [-0.1, -0.05) is 33.3 Å². The van der Waals surface area contributed by atoms with Crippen LogP contribution in [0.1, 0.15) is 66.7 Å². The molecule has 2 rings (SSSR count). The molecule has 0 aromatic rings. The fourth-order valence-electron chi connectivity index (χ4n) is 5.22. The number of ketones is 1. The van der Waals surface area contributed by atoms with Gasteiger partial charge in [-0.25, -0.2) is 0 Å². The molecule has 0 spiro atoms. The van der Waals surface area contributed by atoms with E-state index in [4.69, 9.17) is 0 Å². The summed E-state index contributed by atoms with van der Waals surface area (Å²) in [6, 6.07) is 0. The van der Waals surface area contributed by atoms with Gasteiger partial charge >= 0.3 is 0 Å². The highest BCUT2D eigenvalue weighted by Crippen LogP contribution is 2.62. The summed E-state index contributed by atoms with van der Waals surface area (Å²) < 4.78 is 0. The highest BCUT2D eigenvalue weighted by atomic mass is 16.3. The van der Waals surface area contributed by atoms with Crippen molar-refractivity contribution in [3.05, 3.63) is 12.2 Å². The van der Waals surface area contributed by atoms with Gasteiger partial charge in [-0.15, -0.1) is 0 Å². The second-order valence-corrected chi connectivity index (χ2v) is 8.24. The highest BCUT2D eigenvalue weighted by Gasteiger charge is 2.57. The molecule has 4 atom stereocenters. The normalized spacial score (nSPS) is 44.3. The van der Waals surface area contributed by atoms with Gasteiger partial charge in [0.1, 0.15) is 0 Å². The SMILES string of the molecule is CC(=O)/C=C\[C@@H]1[C@@]2(C)CCCC(C)(C)C2CC[C@@]1(C)O. The van der Waals surface area contributed by atoms with Crippen LogP contribution in [0.25, 0.3) is 0 Å². The van der Waals surface area contributed by atoms with E-state index in [1.165, 1.54) is 12.8 Å². The lowest BCUT2D eigenvalue weighted by Crippen LogP contribution is -2.56. The summed E-state index contributed by atoms with van der Waals surface area (Å²) in [6.07, 6.45) is 9.25. The van der Waals surface area contributed by atoms with Gasteiger partial charge in [-0.2, -0.15) is 0 Å². The molecule has 0 radical (unpaired) electrons. The minimum Gasteiger partial charge on any atom is -0.390 e. The van der Waals surface area contributed by atoms with Gasteiger partial charge < -0.3 is 5.11 Å². The van der Waals surface area contributed by atoms with Gasteiger partial charge in [0.25, 0.3) is 0 Å². The zero-order valence-electron chi connectivity index (χ0n) is 13.7. The maximum absolute atomic E-state index is 11.3. The van der Waals surface area contributed by atoms with Crippen LogP contribution in [-0.2, 0) is 4.79 Å². The van der Waals surface area contributed by atoms with Crippen LogP contribution in [0, 0.1) is 22.7 Å². The Bertz CT molecular complexity index is 419. The second kappa shape index (κ2) is 4.98. The van der Waals surface area contributed by atoms with E-state index in [0.717, 1.165) is 19.3 Å². The Morgan fingerprint density at radius 2 is 1.80 bits per heavy atom. The third-order valence-electron chi connectivity index (χ3n) is 6.12. The van der Waals surface area contributed by atoms with Crippen LogP contribution in [0.3, 0.4) is 0 Å².